The molecule has 2 aromatic heterocycles. The fourth-order valence-electron chi connectivity index (χ4n) is 3.34. The van der Waals surface area contributed by atoms with Gasteiger partial charge in [-0.15, -0.1) is 5.10 Å². The van der Waals surface area contributed by atoms with Crippen LogP contribution in [-0.4, -0.2) is 30.3 Å². The molecule has 0 amide bonds. The van der Waals surface area contributed by atoms with Crippen LogP contribution in [0, 0.1) is 23.3 Å². The number of nitrogens with zero attached hydrogens (tertiary/aromatic N) is 5. The molecule has 0 bridgehead atoms. The van der Waals surface area contributed by atoms with Gasteiger partial charge < -0.3 is 5.11 Å². The molecule has 0 spiro atoms. The van der Waals surface area contributed by atoms with Crippen molar-refractivity contribution in [3.8, 4) is 11.1 Å². The van der Waals surface area contributed by atoms with E-state index in [2.05, 4.69) is 20.5 Å². The number of hydrogen-bond acceptors (Lipinski definition) is 5. The summed E-state index contributed by atoms with van der Waals surface area (Å²) in [5.41, 5.74) is -5.47. The summed E-state index contributed by atoms with van der Waals surface area (Å²) < 4.78 is 87.4. The predicted molar refractivity (Wildman–Crippen MR) is 102 cm³/mol. The van der Waals surface area contributed by atoms with Crippen LogP contribution < -0.4 is 0 Å². The van der Waals surface area contributed by atoms with E-state index in [0.29, 0.717) is 18.2 Å². The molecule has 33 heavy (non-hydrogen) atoms. The van der Waals surface area contributed by atoms with Gasteiger partial charge in [0.25, 0.3) is 0 Å². The normalized spacial score (nSPS) is 13.7. The lowest BCUT2D eigenvalue weighted by Gasteiger charge is -2.35. The Morgan fingerprint density at radius 3 is 2.24 bits per heavy atom. The number of benzene rings is 2. The van der Waals surface area contributed by atoms with E-state index in [-0.39, 0.29) is 11.1 Å². The highest BCUT2D eigenvalue weighted by Crippen LogP contribution is 2.46. The van der Waals surface area contributed by atoms with Gasteiger partial charge in [-0.05, 0) is 46.8 Å². The van der Waals surface area contributed by atoms with Crippen LogP contribution in [0.2, 0.25) is 0 Å². The minimum atomic E-state index is -4.27. The highest BCUT2D eigenvalue weighted by atomic mass is 19.3. The Bertz CT molecular complexity index is 1280. The monoisotopic (exact) mass is 465 g/mol. The fraction of sp³-hybridized carbons (Fsp3) is 0.143. The van der Waals surface area contributed by atoms with E-state index in [1.54, 1.807) is 0 Å². The first kappa shape index (κ1) is 22.4. The third-order valence-electron chi connectivity index (χ3n) is 5.00. The zero-order valence-electron chi connectivity index (χ0n) is 16.4. The second-order valence-electron chi connectivity index (χ2n) is 7.12. The molecule has 0 saturated carbocycles. The van der Waals surface area contributed by atoms with Gasteiger partial charge in [0.15, 0.2) is 5.60 Å². The van der Waals surface area contributed by atoms with Crippen molar-refractivity contribution in [2.75, 3.05) is 0 Å². The van der Waals surface area contributed by atoms with Crippen molar-refractivity contribution in [1.82, 2.24) is 25.2 Å². The molecular weight excluding hydrogens is 452 g/mol. The lowest BCUT2D eigenvalue weighted by atomic mass is 9.84. The topological polar surface area (TPSA) is 76.7 Å². The summed E-state index contributed by atoms with van der Waals surface area (Å²) in [4.78, 5) is 3.61. The number of aromatic nitrogens is 5. The molecule has 4 aromatic rings. The lowest BCUT2D eigenvalue weighted by Crippen LogP contribution is -2.48. The standard InChI is InChI=1S/C21H13F6N5O/c22-13-3-5-17(24)15(7-13)12-1-6-19(28-9-12)21(26,27)20(33,10-32-11-29-30-31-32)16-4-2-14(23)8-18(16)25/h1-9,11,33H,10H2. The summed E-state index contributed by atoms with van der Waals surface area (Å²) in [6.07, 6.45) is 1.78. The molecule has 2 heterocycles. The zero-order valence-corrected chi connectivity index (χ0v) is 16.4. The van der Waals surface area contributed by atoms with E-state index < -0.39 is 52.6 Å². The molecule has 0 radical (unpaired) electrons. The Hall–Kier alpha value is -3.80. The smallest absolute Gasteiger partial charge is 0.323 e. The predicted octanol–water partition coefficient (Wildman–Crippen LogP) is 3.97. The molecule has 0 aliphatic rings. The number of hydrogen-bond donors (Lipinski definition) is 1. The van der Waals surface area contributed by atoms with E-state index in [0.717, 1.165) is 47.5 Å². The van der Waals surface area contributed by atoms with Gasteiger partial charge in [-0.1, -0.05) is 6.07 Å². The number of alkyl halides is 2. The molecule has 6 nitrogen and oxygen atoms in total. The molecule has 2 aromatic carbocycles. The van der Waals surface area contributed by atoms with Gasteiger partial charge >= 0.3 is 5.92 Å². The molecule has 170 valence electrons. The Morgan fingerprint density at radius 2 is 1.61 bits per heavy atom. The van der Waals surface area contributed by atoms with Crippen LogP contribution in [0.5, 0.6) is 0 Å². The van der Waals surface area contributed by atoms with E-state index in [9.17, 15) is 22.7 Å². The molecule has 0 aliphatic carbocycles. The van der Waals surface area contributed by atoms with E-state index in [1.807, 2.05) is 0 Å². The van der Waals surface area contributed by atoms with E-state index in [1.165, 1.54) is 0 Å². The van der Waals surface area contributed by atoms with Gasteiger partial charge in [-0.3, -0.25) is 4.98 Å². The molecule has 0 aliphatic heterocycles. The number of rotatable bonds is 6. The number of aliphatic hydroxyl groups is 1. The molecular formula is C21H13F6N5O. The molecule has 1 atom stereocenters. The van der Waals surface area contributed by atoms with E-state index >= 15 is 8.78 Å². The van der Waals surface area contributed by atoms with Crippen molar-refractivity contribution < 1.29 is 31.4 Å². The summed E-state index contributed by atoms with van der Waals surface area (Å²) in [6, 6.07) is 6.20. The van der Waals surface area contributed by atoms with Gasteiger partial charge in [-0.25, -0.2) is 22.2 Å². The van der Waals surface area contributed by atoms with Gasteiger partial charge in [0.2, 0.25) is 0 Å². The maximum absolute atomic E-state index is 15.7. The summed E-state index contributed by atoms with van der Waals surface area (Å²) in [7, 11) is 0. The zero-order chi connectivity index (χ0) is 23.8. The first-order chi connectivity index (χ1) is 15.6. The van der Waals surface area contributed by atoms with Crippen LogP contribution >= 0.6 is 0 Å². The van der Waals surface area contributed by atoms with Crippen molar-refractivity contribution in [3.63, 3.8) is 0 Å². The largest absolute Gasteiger partial charge is 0.377 e. The Labute approximate surface area is 182 Å². The summed E-state index contributed by atoms with van der Waals surface area (Å²) in [6.45, 7) is -1.02. The highest BCUT2D eigenvalue weighted by Gasteiger charge is 2.58. The van der Waals surface area contributed by atoms with Gasteiger partial charge in [-0.2, -0.15) is 8.78 Å². The Balaban J connectivity index is 1.80. The minimum Gasteiger partial charge on any atom is -0.377 e. The summed E-state index contributed by atoms with van der Waals surface area (Å²) in [5, 5.41) is 21.1. The molecule has 0 fully saturated rings. The SMILES string of the molecule is OC(Cn1cnnn1)(c1ccc(F)cc1F)C(F)(F)c1ccc(-c2cc(F)ccc2F)cn1. The number of halogens is 6. The minimum absolute atomic E-state index is 0.0106. The van der Waals surface area contributed by atoms with Gasteiger partial charge in [0.05, 0.1) is 6.54 Å². The molecule has 4 rings (SSSR count). The maximum Gasteiger partial charge on any atom is 0.323 e. The second kappa shape index (κ2) is 8.28. The summed E-state index contributed by atoms with van der Waals surface area (Å²) >= 11 is 0. The second-order valence-corrected chi connectivity index (χ2v) is 7.12. The van der Waals surface area contributed by atoms with Crippen molar-refractivity contribution in [2.45, 2.75) is 18.1 Å². The quantitative estimate of drug-likeness (QED) is 0.436. The molecule has 12 heteroatoms. The molecule has 1 unspecified atom stereocenters. The van der Waals surface area contributed by atoms with Crippen LogP contribution in [-0.2, 0) is 18.1 Å². The third kappa shape index (κ3) is 4.04. The summed E-state index contributed by atoms with van der Waals surface area (Å²) in [5.74, 6) is -8.28. The third-order valence-corrected chi connectivity index (χ3v) is 5.00. The van der Waals surface area contributed by atoms with Gasteiger partial charge in [0, 0.05) is 29.0 Å². The first-order valence-corrected chi connectivity index (χ1v) is 9.30. The van der Waals surface area contributed by atoms with Crippen LogP contribution in [0.25, 0.3) is 11.1 Å². The average Bonchev–Trinajstić information content (AvgIpc) is 3.28. The Kier molecular flexibility index (Phi) is 5.62. The maximum atomic E-state index is 15.7. The van der Waals surface area contributed by atoms with Gasteiger partial charge in [0.1, 0.15) is 35.3 Å². The highest BCUT2D eigenvalue weighted by molar-refractivity contribution is 5.63. The van der Waals surface area contributed by atoms with Crippen LogP contribution in [0.15, 0.2) is 61.1 Å². The van der Waals surface area contributed by atoms with Crippen molar-refractivity contribution in [1.29, 1.82) is 0 Å². The number of tetrazole rings is 1. The molecule has 0 saturated heterocycles. The first-order valence-electron chi connectivity index (χ1n) is 9.30. The van der Waals surface area contributed by atoms with Crippen molar-refractivity contribution in [2.24, 2.45) is 0 Å². The molecule has 1 N–H and O–H groups in total. The Morgan fingerprint density at radius 1 is 0.879 bits per heavy atom. The fourth-order valence-corrected chi connectivity index (χ4v) is 3.34. The average molecular weight is 465 g/mol. The number of pyridine rings is 1. The van der Waals surface area contributed by atoms with Crippen LogP contribution in [0.1, 0.15) is 11.3 Å². The van der Waals surface area contributed by atoms with Crippen LogP contribution in [0.3, 0.4) is 0 Å². The van der Waals surface area contributed by atoms with Crippen molar-refractivity contribution in [3.05, 3.63) is 95.6 Å². The lowest BCUT2D eigenvalue weighted by molar-refractivity contribution is -0.207. The van der Waals surface area contributed by atoms with Crippen molar-refractivity contribution >= 4 is 0 Å². The van der Waals surface area contributed by atoms with Crippen LogP contribution in [0.4, 0.5) is 26.3 Å². The van der Waals surface area contributed by atoms with E-state index in [4.69, 9.17) is 0 Å².